The van der Waals surface area contributed by atoms with Gasteiger partial charge in [-0.05, 0) is 41.9 Å². The number of anilines is 1. The molecule has 0 unspecified atom stereocenters. The quantitative estimate of drug-likeness (QED) is 0.285. The van der Waals surface area contributed by atoms with Crippen molar-refractivity contribution in [3.8, 4) is 0 Å². The Balaban J connectivity index is 1.86. The van der Waals surface area contributed by atoms with Gasteiger partial charge in [0.1, 0.15) is 6.73 Å². The third kappa shape index (κ3) is 5.11. The summed E-state index contributed by atoms with van der Waals surface area (Å²) in [6.07, 6.45) is 1.89. The Hall–Kier alpha value is -1.40. The average molecular weight is 465 g/mol. The summed E-state index contributed by atoms with van der Waals surface area (Å²) < 4.78 is 6.79. The Morgan fingerprint density at radius 2 is 1.96 bits per heavy atom. The molecule has 0 bridgehead atoms. The summed E-state index contributed by atoms with van der Waals surface area (Å²) >= 11 is 9.60. The van der Waals surface area contributed by atoms with E-state index in [9.17, 15) is 4.79 Å². The van der Waals surface area contributed by atoms with Crippen LogP contribution in [0.1, 0.15) is 11.1 Å². The van der Waals surface area contributed by atoms with Crippen LogP contribution in [0.25, 0.3) is 11.6 Å². The lowest BCUT2D eigenvalue weighted by Gasteiger charge is -2.20. The van der Waals surface area contributed by atoms with Crippen molar-refractivity contribution in [3.63, 3.8) is 0 Å². The van der Waals surface area contributed by atoms with Crippen molar-refractivity contribution in [3.05, 3.63) is 63.1 Å². The van der Waals surface area contributed by atoms with Crippen LogP contribution in [-0.2, 0) is 9.53 Å². The topological polar surface area (TPSA) is 29.5 Å². The van der Waals surface area contributed by atoms with Crippen LogP contribution in [0.4, 0.5) is 5.69 Å². The summed E-state index contributed by atoms with van der Waals surface area (Å²) in [5.74, 6) is -0.0453. The molecule has 0 radical (unpaired) electrons. The molecule has 142 valence electrons. The first kappa shape index (κ1) is 20.3. The molecule has 0 atom stereocenters. The van der Waals surface area contributed by atoms with Gasteiger partial charge in [-0.2, -0.15) is 0 Å². The van der Waals surface area contributed by atoms with Crippen molar-refractivity contribution >= 4 is 58.8 Å². The summed E-state index contributed by atoms with van der Waals surface area (Å²) in [7, 11) is -1.16. The second-order valence-electron chi connectivity index (χ2n) is 7.86. The lowest BCUT2D eigenvalue weighted by molar-refractivity contribution is -0.114. The van der Waals surface area contributed by atoms with E-state index in [0.29, 0.717) is 17.2 Å². The fourth-order valence-electron chi connectivity index (χ4n) is 2.89. The zero-order chi connectivity index (χ0) is 19.6. The van der Waals surface area contributed by atoms with Crippen molar-refractivity contribution in [2.75, 3.05) is 18.2 Å². The number of ether oxygens (including phenoxy) is 1. The number of hydrogen-bond acceptors (Lipinski definition) is 2. The molecule has 0 aromatic heterocycles. The van der Waals surface area contributed by atoms with Crippen molar-refractivity contribution in [1.29, 1.82) is 0 Å². The van der Waals surface area contributed by atoms with Crippen LogP contribution in [0.2, 0.25) is 30.7 Å². The number of benzene rings is 2. The predicted octanol–water partition coefficient (Wildman–Crippen LogP) is 6.30. The van der Waals surface area contributed by atoms with Gasteiger partial charge < -0.3 is 4.74 Å². The fourth-order valence-corrected chi connectivity index (χ4v) is 4.20. The van der Waals surface area contributed by atoms with Crippen LogP contribution in [0.5, 0.6) is 0 Å². The minimum absolute atomic E-state index is 0.0453. The van der Waals surface area contributed by atoms with E-state index in [1.807, 2.05) is 48.5 Å². The fraction of sp³-hybridized carbons (Fsp3) is 0.286. The standard InChI is InChI=1S/C21H23BrClNO2Si/c1-27(2,3)10-9-26-14-24-20-13-16(22)7-8-18(20)19(21(24)25)12-15-5-4-6-17(23)11-15/h4-8,11-13H,9-10,14H2,1-3H3. The van der Waals surface area contributed by atoms with Crippen molar-refractivity contribution in [2.24, 2.45) is 0 Å². The Labute approximate surface area is 175 Å². The monoisotopic (exact) mass is 463 g/mol. The average Bonchev–Trinajstić information content (AvgIpc) is 2.82. The molecule has 1 heterocycles. The van der Waals surface area contributed by atoms with Gasteiger partial charge in [0.25, 0.3) is 5.91 Å². The summed E-state index contributed by atoms with van der Waals surface area (Å²) in [6.45, 7) is 7.89. The summed E-state index contributed by atoms with van der Waals surface area (Å²) in [5, 5.41) is 0.650. The number of carbonyl (C=O) groups excluding carboxylic acids is 1. The van der Waals surface area contributed by atoms with E-state index in [0.717, 1.165) is 27.3 Å². The van der Waals surface area contributed by atoms with E-state index in [4.69, 9.17) is 16.3 Å². The molecule has 0 spiro atoms. The molecule has 2 aromatic carbocycles. The first-order valence-corrected chi connectivity index (χ1v) is 13.8. The maximum atomic E-state index is 13.1. The molecule has 0 fully saturated rings. The van der Waals surface area contributed by atoms with Crippen LogP contribution in [0, 0.1) is 0 Å². The Morgan fingerprint density at radius 1 is 1.19 bits per heavy atom. The van der Waals surface area contributed by atoms with E-state index in [-0.39, 0.29) is 12.6 Å². The molecule has 0 saturated heterocycles. The van der Waals surface area contributed by atoms with Gasteiger partial charge in [0.2, 0.25) is 0 Å². The number of rotatable bonds is 6. The van der Waals surface area contributed by atoms with Gasteiger partial charge in [0.05, 0.1) is 5.69 Å². The molecule has 3 nitrogen and oxygen atoms in total. The smallest absolute Gasteiger partial charge is 0.260 e. The van der Waals surface area contributed by atoms with Gasteiger partial charge in [-0.3, -0.25) is 9.69 Å². The van der Waals surface area contributed by atoms with Crippen molar-refractivity contribution in [1.82, 2.24) is 0 Å². The van der Waals surface area contributed by atoms with E-state index < -0.39 is 8.07 Å². The molecule has 0 aliphatic carbocycles. The highest BCUT2D eigenvalue weighted by molar-refractivity contribution is 9.10. The molecule has 3 rings (SSSR count). The van der Waals surface area contributed by atoms with Crippen LogP contribution < -0.4 is 4.90 Å². The highest BCUT2D eigenvalue weighted by atomic mass is 79.9. The number of carbonyl (C=O) groups is 1. The van der Waals surface area contributed by atoms with Gasteiger partial charge in [-0.1, -0.05) is 65.4 Å². The van der Waals surface area contributed by atoms with Gasteiger partial charge in [-0.15, -0.1) is 0 Å². The molecular weight excluding hydrogens is 442 g/mol. The van der Waals surface area contributed by atoms with Crippen molar-refractivity contribution in [2.45, 2.75) is 25.7 Å². The largest absolute Gasteiger partial charge is 0.361 e. The second-order valence-corrected chi connectivity index (χ2v) is 14.8. The van der Waals surface area contributed by atoms with Gasteiger partial charge >= 0.3 is 0 Å². The summed E-state index contributed by atoms with van der Waals surface area (Å²) in [4.78, 5) is 14.8. The molecule has 1 aliphatic rings. The van der Waals surface area contributed by atoms with E-state index in [1.54, 1.807) is 4.90 Å². The molecule has 0 N–H and O–H groups in total. The Bertz CT molecular complexity index is 892. The van der Waals surface area contributed by atoms with Crippen LogP contribution >= 0.6 is 27.5 Å². The maximum absolute atomic E-state index is 13.1. The normalized spacial score (nSPS) is 15.5. The van der Waals surface area contributed by atoms with Crippen LogP contribution in [-0.4, -0.2) is 27.3 Å². The molecule has 27 heavy (non-hydrogen) atoms. The van der Waals surface area contributed by atoms with Gasteiger partial charge in [0.15, 0.2) is 0 Å². The van der Waals surface area contributed by atoms with Gasteiger partial charge in [0, 0.05) is 35.3 Å². The molecule has 2 aromatic rings. The SMILES string of the molecule is C[Si](C)(C)CCOCN1C(=O)C(=Cc2cccc(Cl)c2)c2ccc(Br)cc21. The molecule has 1 aliphatic heterocycles. The van der Waals surface area contributed by atoms with Crippen LogP contribution in [0.15, 0.2) is 46.9 Å². The first-order valence-electron chi connectivity index (χ1n) is 8.91. The molecule has 0 saturated carbocycles. The predicted molar refractivity (Wildman–Crippen MR) is 120 cm³/mol. The minimum Gasteiger partial charge on any atom is -0.361 e. The number of fused-ring (bicyclic) bond motifs is 1. The first-order chi connectivity index (χ1) is 12.7. The number of hydrogen-bond donors (Lipinski definition) is 0. The second kappa shape index (κ2) is 8.31. The zero-order valence-corrected chi connectivity index (χ0v) is 19.1. The third-order valence-electron chi connectivity index (χ3n) is 4.39. The van der Waals surface area contributed by atoms with Crippen LogP contribution in [0.3, 0.4) is 0 Å². The Kier molecular flexibility index (Phi) is 6.26. The Morgan fingerprint density at radius 3 is 2.67 bits per heavy atom. The number of halogens is 2. The molecular formula is C21H23BrClNO2Si. The highest BCUT2D eigenvalue weighted by Gasteiger charge is 2.32. The lowest BCUT2D eigenvalue weighted by Crippen LogP contribution is -2.30. The van der Waals surface area contributed by atoms with E-state index in [2.05, 4.69) is 35.6 Å². The van der Waals surface area contributed by atoms with Gasteiger partial charge in [-0.25, -0.2) is 0 Å². The number of nitrogens with zero attached hydrogens (tertiary/aromatic N) is 1. The lowest BCUT2D eigenvalue weighted by atomic mass is 10.0. The minimum atomic E-state index is -1.16. The van der Waals surface area contributed by atoms with Crippen molar-refractivity contribution < 1.29 is 9.53 Å². The maximum Gasteiger partial charge on any atom is 0.260 e. The highest BCUT2D eigenvalue weighted by Crippen LogP contribution is 2.39. The summed E-state index contributed by atoms with van der Waals surface area (Å²) in [5.41, 5.74) is 3.35. The number of amides is 1. The molecule has 6 heteroatoms. The molecule has 1 amide bonds. The summed E-state index contributed by atoms with van der Waals surface area (Å²) in [6, 6.07) is 14.5. The third-order valence-corrected chi connectivity index (χ3v) is 6.83. The van der Waals surface area contributed by atoms with E-state index >= 15 is 0 Å². The zero-order valence-electron chi connectivity index (χ0n) is 15.8. The van der Waals surface area contributed by atoms with E-state index in [1.165, 1.54) is 0 Å².